The second kappa shape index (κ2) is 8.14. The van der Waals surface area contributed by atoms with Gasteiger partial charge in [0.2, 0.25) is 5.91 Å². The Labute approximate surface area is 151 Å². The van der Waals surface area contributed by atoms with E-state index < -0.39 is 22.7 Å². The summed E-state index contributed by atoms with van der Waals surface area (Å²) in [5.74, 6) is 0.221. The molecule has 0 unspecified atom stereocenters. The van der Waals surface area contributed by atoms with Gasteiger partial charge < -0.3 is 5.32 Å². The number of amides is 1. The van der Waals surface area contributed by atoms with Gasteiger partial charge in [-0.2, -0.15) is 13.2 Å². The predicted octanol–water partition coefficient (Wildman–Crippen LogP) is 5.88. The minimum Gasteiger partial charge on any atom is -0.325 e. The fourth-order valence-electron chi connectivity index (χ4n) is 1.89. The molecule has 1 amide bonds. The summed E-state index contributed by atoms with van der Waals surface area (Å²) in [7, 11) is 0. The Balaban J connectivity index is 1.92. The molecule has 0 aliphatic carbocycles. The van der Waals surface area contributed by atoms with E-state index >= 15 is 0 Å². The molecule has 8 heteroatoms. The van der Waals surface area contributed by atoms with Crippen LogP contribution in [0.3, 0.4) is 0 Å². The zero-order valence-electron chi connectivity index (χ0n) is 12.2. The number of benzene rings is 2. The fourth-order valence-corrected chi connectivity index (χ4v) is 3.22. The van der Waals surface area contributed by atoms with E-state index in [1.54, 1.807) is 6.07 Å². The lowest BCUT2D eigenvalue weighted by Crippen LogP contribution is -2.15. The van der Waals surface area contributed by atoms with Crippen LogP contribution < -0.4 is 5.32 Å². The molecule has 0 atom stereocenters. The summed E-state index contributed by atoms with van der Waals surface area (Å²) < 4.78 is 38.3. The summed E-state index contributed by atoms with van der Waals surface area (Å²) in [6.07, 6.45) is -4.57. The maximum atomic E-state index is 12.8. The Bertz CT molecular complexity index is 738. The van der Waals surface area contributed by atoms with Crippen molar-refractivity contribution in [2.45, 2.75) is 11.9 Å². The van der Waals surface area contributed by atoms with Crippen LogP contribution in [0.5, 0.6) is 0 Å². The molecule has 0 aromatic heterocycles. The summed E-state index contributed by atoms with van der Waals surface area (Å²) in [5.41, 5.74) is -0.0384. The monoisotopic (exact) mass is 393 g/mol. The molecule has 0 aliphatic heterocycles. The van der Waals surface area contributed by atoms with E-state index in [1.807, 2.05) is 18.2 Å². The number of rotatable bonds is 5. The minimum atomic E-state index is -4.57. The quantitative estimate of drug-likeness (QED) is 0.686. The predicted molar refractivity (Wildman–Crippen MR) is 92.7 cm³/mol. The second-order valence-corrected chi connectivity index (χ2v) is 6.62. The van der Waals surface area contributed by atoms with Gasteiger partial charge in [-0.15, -0.1) is 11.8 Å². The van der Waals surface area contributed by atoms with E-state index in [0.717, 1.165) is 17.7 Å². The molecule has 0 saturated carbocycles. The number of halogens is 5. The first-order chi connectivity index (χ1) is 11.3. The topological polar surface area (TPSA) is 29.1 Å². The highest BCUT2D eigenvalue weighted by Crippen LogP contribution is 2.36. The van der Waals surface area contributed by atoms with E-state index in [9.17, 15) is 18.0 Å². The van der Waals surface area contributed by atoms with Crippen molar-refractivity contribution < 1.29 is 18.0 Å². The van der Waals surface area contributed by atoms with Crippen LogP contribution in [-0.2, 0) is 16.7 Å². The number of anilines is 1. The Hall–Kier alpha value is -1.37. The van der Waals surface area contributed by atoms with Crippen LogP contribution in [0, 0.1) is 0 Å². The van der Waals surface area contributed by atoms with Gasteiger partial charge in [-0.25, -0.2) is 0 Å². The largest absolute Gasteiger partial charge is 0.417 e. The van der Waals surface area contributed by atoms with Gasteiger partial charge in [0.25, 0.3) is 0 Å². The Morgan fingerprint density at radius 2 is 1.79 bits per heavy atom. The number of thioether (sulfide) groups is 1. The van der Waals surface area contributed by atoms with Crippen LogP contribution in [0.15, 0.2) is 42.5 Å². The standard InChI is InChI=1S/C16H12Cl2F3NOS/c17-13-4-2-1-3-10(13)8-24-9-15(23)22-11-5-6-14(18)12(7-11)16(19,20)21/h1-7H,8-9H2,(H,22,23). The Morgan fingerprint density at radius 1 is 1.08 bits per heavy atom. The molecule has 128 valence electrons. The van der Waals surface area contributed by atoms with Crippen molar-refractivity contribution in [1.29, 1.82) is 0 Å². The molecule has 2 nitrogen and oxygen atoms in total. The van der Waals surface area contributed by atoms with Gasteiger partial charge in [0.05, 0.1) is 16.3 Å². The van der Waals surface area contributed by atoms with Gasteiger partial charge in [-0.05, 0) is 29.8 Å². The van der Waals surface area contributed by atoms with E-state index in [1.165, 1.54) is 17.8 Å². The van der Waals surface area contributed by atoms with E-state index in [2.05, 4.69) is 5.32 Å². The summed E-state index contributed by atoms with van der Waals surface area (Å²) >= 11 is 12.9. The molecule has 2 rings (SSSR count). The van der Waals surface area contributed by atoms with E-state index in [0.29, 0.717) is 10.8 Å². The summed E-state index contributed by atoms with van der Waals surface area (Å²) in [4.78, 5) is 11.9. The Morgan fingerprint density at radius 3 is 2.46 bits per heavy atom. The van der Waals surface area contributed by atoms with Crippen molar-refractivity contribution in [2.24, 2.45) is 0 Å². The second-order valence-electron chi connectivity index (χ2n) is 4.82. The molecule has 0 aliphatic rings. The van der Waals surface area contributed by atoms with Crippen molar-refractivity contribution in [3.63, 3.8) is 0 Å². The van der Waals surface area contributed by atoms with Gasteiger partial charge in [0, 0.05) is 16.5 Å². The van der Waals surface area contributed by atoms with Crippen LogP contribution in [0.4, 0.5) is 18.9 Å². The van der Waals surface area contributed by atoms with Crippen molar-refractivity contribution in [3.8, 4) is 0 Å². The minimum absolute atomic E-state index is 0.0510. The molecule has 0 bridgehead atoms. The first-order valence-corrected chi connectivity index (χ1v) is 8.66. The molecule has 0 fully saturated rings. The highest BCUT2D eigenvalue weighted by atomic mass is 35.5. The third-order valence-electron chi connectivity index (χ3n) is 3.00. The van der Waals surface area contributed by atoms with E-state index in [4.69, 9.17) is 23.2 Å². The number of hydrogen-bond donors (Lipinski definition) is 1. The molecule has 0 radical (unpaired) electrons. The van der Waals surface area contributed by atoms with Gasteiger partial charge in [0.15, 0.2) is 0 Å². The third kappa shape index (κ3) is 5.33. The molecular formula is C16H12Cl2F3NOS. The van der Waals surface area contributed by atoms with Crippen molar-refractivity contribution in [3.05, 3.63) is 63.6 Å². The molecule has 24 heavy (non-hydrogen) atoms. The van der Waals surface area contributed by atoms with Crippen LogP contribution in [0.25, 0.3) is 0 Å². The van der Waals surface area contributed by atoms with Crippen LogP contribution in [0.2, 0.25) is 10.0 Å². The Kier molecular flexibility index (Phi) is 6.43. The molecule has 2 aromatic carbocycles. The number of carbonyl (C=O) groups is 1. The third-order valence-corrected chi connectivity index (χ3v) is 4.68. The lowest BCUT2D eigenvalue weighted by molar-refractivity contribution is -0.137. The number of nitrogens with one attached hydrogen (secondary N) is 1. The van der Waals surface area contributed by atoms with Crippen molar-refractivity contribution in [1.82, 2.24) is 0 Å². The van der Waals surface area contributed by atoms with Crippen LogP contribution >= 0.6 is 35.0 Å². The summed E-state index contributed by atoms with van der Waals surface area (Å²) in [5, 5.41) is 2.63. The first kappa shape index (κ1) is 19.0. The molecule has 0 heterocycles. The zero-order valence-corrected chi connectivity index (χ0v) is 14.5. The average molecular weight is 394 g/mol. The van der Waals surface area contributed by atoms with Crippen molar-refractivity contribution >= 4 is 46.6 Å². The van der Waals surface area contributed by atoms with Gasteiger partial charge in [0.1, 0.15) is 0 Å². The molecular weight excluding hydrogens is 382 g/mol. The molecule has 0 saturated heterocycles. The summed E-state index contributed by atoms with van der Waals surface area (Å²) in [6, 6.07) is 10.5. The number of carbonyl (C=O) groups excluding carboxylic acids is 1. The van der Waals surface area contributed by atoms with Crippen LogP contribution in [0.1, 0.15) is 11.1 Å². The highest BCUT2D eigenvalue weighted by Gasteiger charge is 2.33. The van der Waals surface area contributed by atoms with Gasteiger partial charge >= 0.3 is 6.18 Å². The summed E-state index contributed by atoms with van der Waals surface area (Å²) in [6.45, 7) is 0. The highest BCUT2D eigenvalue weighted by molar-refractivity contribution is 7.99. The molecule has 0 spiro atoms. The van der Waals surface area contributed by atoms with Gasteiger partial charge in [-0.1, -0.05) is 41.4 Å². The lowest BCUT2D eigenvalue weighted by atomic mass is 10.2. The SMILES string of the molecule is O=C(CSCc1ccccc1Cl)Nc1ccc(Cl)c(C(F)(F)F)c1. The first-order valence-electron chi connectivity index (χ1n) is 6.75. The van der Waals surface area contributed by atoms with Crippen LogP contribution in [-0.4, -0.2) is 11.7 Å². The van der Waals surface area contributed by atoms with Gasteiger partial charge in [-0.3, -0.25) is 4.79 Å². The van der Waals surface area contributed by atoms with Crippen molar-refractivity contribution in [2.75, 3.05) is 11.1 Å². The number of hydrogen-bond acceptors (Lipinski definition) is 2. The fraction of sp³-hybridized carbons (Fsp3) is 0.188. The average Bonchev–Trinajstić information content (AvgIpc) is 2.50. The molecule has 1 N–H and O–H groups in total. The maximum absolute atomic E-state index is 12.8. The molecule has 2 aromatic rings. The lowest BCUT2D eigenvalue weighted by Gasteiger charge is -2.11. The normalized spacial score (nSPS) is 11.4. The van der Waals surface area contributed by atoms with E-state index in [-0.39, 0.29) is 11.4 Å². The smallest absolute Gasteiger partial charge is 0.325 e. The number of alkyl halides is 3. The maximum Gasteiger partial charge on any atom is 0.417 e. The zero-order chi connectivity index (χ0) is 17.7.